The minimum atomic E-state index is 0.856. The van der Waals surface area contributed by atoms with Crippen LogP contribution < -0.4 is 0 Å². The summed E-state index contributed by atoms with van der Waals surface area (Å²) < 4.78 is 0. The molecule has 0 bridgehead atoms. The highest BCUT2D eigenvalue weighted by atomic mass is 14.1. The molecule has 15 heavy (non-hydrogen) atoms. The third-order valence-corrected chi connectivity index (χ3v) is 2.84. The van der Waals surface area contributed by atoms with Gasteiger partial charge in [-0.2, -0.15) is 0 Å². The number of rotatable bonds is 5. The molecule has 0 aromatic heterocycles. The SMILES string of the molecule is CC1=CC=CCC(CCCCC(C)C)=C1. The second-order valence-corrected chi connectivity index (χ2v) is 4.99. The second kappa shape index (κ2) is 6.66. The average Bonchev–Trinajstić information content (AvgIpc) is 2.37. The van der Waals surface area contributed by atoms with Crippen LogP contribution in [0.15, 0.2) is 35.5 Å². The van der Waals surface area contributed by atoms with Crippen LogP contribution in [-0.2, 0) is 0 Å². The first-order valence-electron chi connectivity index (χ1n) is 6.21. The molecule has 0 atom stereocenters. The van der Waals surface area contributed by atoms with Crippen molar-refractivity contribution in [2.45, 2.75) is 52.9 Å². The molecule has 0 spiro atoms. The van der Waals surface area contributed by atoms with Crippen LogP contribution in [0.2, 0.25) is 0 Å². The molecule has 0 saturated heterocycles. The van der Waals surface area contributed by atoms with Crippen LogP contribution in [0.5, 0.6) is 0 Å². The zero-order chi connectivity index (χ0) is 11.1. The molecule has 1 aliphatic carbocycles. The normalized spacial score (nSPS) is 16.3. The Bertz CT molecular complexity index is 264. The molecule has 0 heteroatoms. The van der Waals surface area contributed by atoms with Crippen molar-refractivity contribution < 1.29 is 0 Å². The van der Waals surface area contributed by atoms with Crippen molar-refractivity contribution >= 4 is 0 Å². The minimum Gasteiger partial charge on any atom is -0.0805 e. The monoisotopic (exact) mass is 204 g/mol. The highest BCUT2D eigenvalue weighted by Gasteiger charge is 2.00. The van der Waals surface area contributed by atoms with Crippen molar-refractivity contribution in [3.05, 3.63) is 35.5 Å². The third kappa shape index (κ3) is 5.61. The standard InChI is InChI=1S/C15H24/c1-13(2)8-4-6-10-15-11-7-5-9-14(3)12-15/h5,7,9,12-13H,4,6,8,10-11H2,1-3H3. The zero-order valence-corrected chi connectivity index (χ0v) is 10.4. The summed E-state index contributed by atoms with van der Waals surface area (Å²) in [5.41, 5.74) is 2.99. The number of hydrogen-bond acceptors (Lipinski definition) is 0. The van der Waals surface area contributed by atoms with E-state index in [1.165, 1.54) is 31.3 Å². The van der Waals surface area contributed by atoms with E-state index >= 15 is 0 Å². The number of hydrogen-bond donors (Lipinski definition) is 0. The second-order valence-electron chi connectivity index (χ2n) is 4.99. The van der Waals surface area contributed by atoms with Gasteiger partial charge in [-0.05, 0) is 32.1 Å². The highest BCUT2D eigenvalue weighted by molar-refractivity contribution is 5.30. The molecule has 0 heterocycles. The molecule has 0 radical (unpaired) electrons. The van der Waals surface area contributed by atoms with E-state index in [-0.39, 0.29) is 0 Å². The van der Waals surface area contributed by atoms with E-state index in [4.69, 9.17) is 0 Å². The Morgan fingerprint density at radius 1 is 1.27 bits per heavy atom. The Morgan fingerprint density at radius 2 is 2.07 bits per heavy atom. The molecule has 84 valence electrons. The Morgan fingerprint density at radius 3 is 2.80 bits per heavy atom. The quantitative estimate of drug-likeness (QED) is 0.551. The molecule has 0 fully saturated rings. The predicted molar refractivity (Wildman–Crippen MR) is 68.9 cm³/mol. The van der Waals surface area contributed by atoms with Crippen LogP contribution in [0.4, 0.5) is 0 Å². The first-order chi connectivity index (χ1) is 7.18. The lowest BCUT2D eigenvalue weighted by Crippen LogP contribution is -1.89. The molecule has 0 aliphatic heterocycles. The maximum Gasteiger partial charge on any atom is -0.0132 e. The van der Waals surface area contributed by atoms with Crippen molar-refractivity contribution in [1.82, 2.24) is 0 Å². The first-order valence-corrected chi connectivity index (χ1v) is 6.21. The van der Waals surface area contributed by atoms with Gasteiger partial charge in [0.05, 0.1) is 0 Å². The van der Waals surface area contributed by atoms with Crippen molar-refractivity contribution in [2.75, 3.05) is 0 Å². The number of unbranched alkanes of at least 4 members (excludes halogenated alkanes) is 1. The van der Waals surface area contributed by atoms with Crippen LogP contribution >= 0.6 is 0 Å². The fourth-order valence-corrected chi connectivity index (χ4v) is 1.95. The highest BCUT2D eigenvalue weighted by Crippen LogP contribution is 2.19. The van der Waals surface area contributed by atoms with Gasteiger partial charge >= 0.3 is 0 Å². The maximum absolute atomic E-state index is 2.36. The fraction of sp³-hybridized carbons (Fsp3) is 0.600. The lowest BCUT2D eigenvalue weighted by Gasteiger charge is -2.06. The Labute approximate surface area is 94.8 Å². The molecule has 0 aromatic carbocycles. The van der Waals surface area contributed by atoms with Crippen LogP contribution in [0.3, 0.4) is 0 Å². The van der Waals surface area contributed by atoms with E-state index in [1.54, 1.807) is 5.57 Å². The van der Waals surface area contributed by atoms with Crippen molar-refractivity contribution in [2.24, 2.45) is 5.92 Å². The lowest BCUT2D eigenvalue weighted by molar-refractivity contribution is 0.536. The Balaban J connectivity index is 2.27. The third-order valence-electron chi connectivity index (χ3n) is 2.84. The van der Waals surface area contributed by atoms with Crippen molar-refractivity contribution in [3.8, 4) is 0 Å². The van der Waals surface area contributed by atoms with E-state index < -0.39 is 0 Å². The minimum absolute atomic E-state index is 0.856. The van der Waals surface area contributed by atoms with E-state index in [1.807, 2.05) is 0 Å². The van der Waals surface area contributed by atoms with E-state index in [0.29, 0.717) is 0 Å². The van der Waals surface area contributed by atoms with Gasteiger partial charge < -0.3 is 0 Å². The van der Waals surface area contributed by atoms with Crippen LogP contribution in [-0.4, -0.2) is 0 Å². The molecule has 0 unspecified atom stereocenters. The molecule has 1 aliphatic rings. The molecular weight excluding hydrogens is 180 g/mol. The molecule has 0 amide bonds. The van der Waals surface area contributed by atoms with E-state index in [9.17, 15) is 0 Å². The first kappa shape index (κ1) is 12.3. The van der Waals surface area contributed by atoms with Crippen molar-refractivity contribution in [3.63, 3.8) is 0 Å². The van der Waals surface area contributed by atoms with Gasteiger partial charge in [0.1, 0.15) is 0 Å². The van der Waals surface area contributed by atoms with Crippen LogP contribution in [0.1, 0.15) is 52.9 Å². The summed E-state index contributed by atoms with van der Waals surface area (Å²) in [4.78, 5) is 0. The van der Waals surface area contributed by atoms with Gasteiger partial charge in [-0.1, -0.05) is 62.1 Å². The smallest absolute Gasteiger partial charge is 0.0132 e. The summed E-state index contributed by atoms with van der Waals surface area (Å²) >= 11 is 0. The molecule has 0 saturated carbocycles. The average molecular weight is 204 g/mol. The van der Waals surface area contributed by atoms with Gasteiger partial charge in [-0.3, -0.25) is 0 Å². The summed E-state index contributed by atoms with van der Waals surface area (Å²) in [5, 5.41) is 0. The van der Waals surface area contributed by atoms with Gasteiger partial charge in [-0.25, -0.2) is 0 Å². The van der Waals surface area contributed by atoms with Crippen LogP contribution in [0, 0.1) is 5.92 Å². The van der Waals surface area contributed by atoms with Gasteiger partial charge in [0.2, 0.25) is 0 Å². The maximum atomic E-state index is 2.36. The zero-order valence-electron chi connectivity index (χ0n) is 10.4. The number of allylic oxidation sites excluding steroid dienone is 6. The molecular formula is C15H24. The topological polar surface area (TPSA) is 0 Å². The van der Waals surface area contributed by atoms with Crippen molar-refractivity contribution in [1.29, 1.82) is 0 Å². The molecule has 1 rings (SSSR count). The van der Waals surface area contributed by atoms with Gasteiger partial charge in [-0.15, -0.1) is 0 Å². The lowest BCUT2D eigenvalue weighted by atomic mass is 10.00. The summed E-state index contributed by atoms with van der Waals surface area (Å²) in [6.07, 6.45) is 15.5. The van der Waals surface area contributed by atoms with Gasteiger partial charge in [0.25, 0.3) is 0 Å². The summed E-state index contributed by atoms with van der Waals surface area (Å²) in [5.74, 6) is 0.856. The predicted octanol–water partition coefficient (Wildman–Crippen LogP) is 5.04. The van der Waals surface area contributed by atoms with E-state index in [0.717, 1.165) is 12.3 Å². The molecule has 0 nitrogen and oxygen atoms in total. The molecule has 0 N–H and O–H groups in total. The van der Waals surface area contributed by atoms with Crippen LogP contribution in [0.25, 0.3) is 0 Å². The molecule has 0 aromatic rings. The summed E-state index contributed by atoms with van der Waals surface area (Å²) in [6.45, 7) is 6.80. The fourth-order valence-electron chi connectivity index (χ4n) is 1.95. The summed E-state index contributed by atoms with van der Waals surface area (Å²) in [6, 6.07) is 0. The van der Waals surface area contributed by atoms with Gasteiger partial charge in [0.15, 0.2) is 0 Å². The van der Waals surface area contributed by atoms with E-state index in [2.05, 4.69) is 45.1 Å². The van der Waals surface area contributed by atoms with Gasteiger partial charge in [0, 0.05) is 0 Å². The summed E-state index contributed by atoms with van der Waals surface area (Å²) in [7, 11) is 0. The largest absolute Gasteiger partial charge is 0.0805 e. The Hall–Kier alpha value is -0.780. The Kier molecular flexibility index (Phi) is 5.45.